The highest BCUT2D eigenvalue weighted by Crippen LogP contribution is 2.48. The summed E-state index contributed by atoms with van der Waals surface area (Å²) in [6.45, 7) is 0.872. The van der Waals surface area contributed by atoms with Gasteiger partial charge in [0.25, 0.3) is 0 Å². The van der Waals surface area contributed by atoms with Crippen LogP contribution in [0.25, 0.3) is 0 Å². The zero-order valence-electron chi connectivity index (χ0n) is 11.6. The average molecular weight is 271 g/mol. The maximum Gasteiger partial charge on any atom is 0.317 e. The van der Waals surface area contributed by atoms with Gasteiger partial charge in [-0.3, -0.25) is 9.18 Å². The molecule has 0 unspecified atom stereocenters. The quantitative estimate of drug-likeness (QED) is 0.832. The molecule has 2 aliphatic rings. The zero-order valence-corrected chi connectivity index (χ0v) is 11.6. The van der Waals surface area contributed by atoms with Crippen LogP contribution in [0.5, 0.6) is 0 Å². The number of rotatable bonds is 3. The lowest BCUT2D eigenvalue weighted by Crippen LogP contribution is -2.54. The Hall–Kier alpha value is -1.33. The Kier molecular flexibility index (Phi) is 3.96. The number of carbonyl (C=O) groups is 2. The number of amides is 3. The minimum atomic E-state index is -0.580. The van der Waals surface area contributed by atoms with Gasteiger partial charge in [-0.2, -0.15) is 0 Å². The van der Waals surface area contributed by atoms with Crippen molar-refractivity contribution in [2.45, 2.75) is 31.7 Å². The monoisotopic (exact) mass is 271 g/mol. The summed E-state index contributed by atoms with van der Waals surface area (Å²) in [5, 5.41) is 2.96. The molecule has 0 radical (unpaired) electrons. The summed E-state index contributed by atoms with van der Waals surface area (Å²) >= 11 is 0. The third-order valence-electron chi connectivity index (χ3n) is 4.19. The molecule has 5 nitrogen and oxygen atoms in total. The highest BCUT2D eigenvalue weighted by atomic mass is 19.1. The number of likely N-dealkylation sites (tertiary alicyclic amines) is 1. The third-order valence-corrected chi connectivity index (χ3v) is 4.19. The van der Waals surface area contributed by atoms with Gasteiger partial charge in [0.05, 0.1) is 13.1 Å². The predicted octanol–water partition coefficient (Wildman–Crippen LogP) is 0.998. The van der Waals surface area contributed by atoms with Crippen molar-refractivity contribution in [2.24, 2.45) is 5.41 Å². The number of alkyl halides is 1. The van der Waals surface area contributed by atoms with Crippen LogP contribution in [0.3, 0.4) is 0 Å². The van der Waals surface area contributed by atoms with Crippen molar-refractivity contribution in [3.05, 3.63) is 0 Å². The smallest absolute Gasteiger partial charge is 0.317 e. The van der Waals surface area contributed by atoms with E-state index < -0.39 is 6.67 Å². The summed E-state index contributed by atoms with van der Waals surface area (Å²) in [6, 6.07) is 0.148. The van der Waals surface area contributed by atoms with E-state index in [1.165, 1.54) is 4.90 Å². The van der Waals surface area contributed by atoms with E-state index in [2.05, 4.69) is 5.32 Å². The average Bonchev–Trinajstić information content (AvgIpc) is 2.73. The van der Waals surface area contributed by atoms with Gasteiger partial charge < -0.3 is 15.1 Å². The van der Waals surface area contributed by atoms with Crippen LogP contribution < -0.4 is 5.32 Å². The van der Waals surface area contributed by atoms with E-state index >= 15 is 0 Å². The molecule has 1 N–H and O–H groups in total. The van der Waals surface area contributed by atoms with Crippen LogP contribution >= 0.6 is 0 Å². The number of nitrogens with zero attached hydrogens (tertiary/aromatic N) is 2. The lowest BCUT2D eigenvalue weighted by atomic mass is 9.65. The lowest BCUT2D eigenvalue weighted by Gasteiger charge is -2.45. The summed E-state index contributed by atoms with van der Waals surface area (Å²) in [4.78, 5) is 26.4. The molecular formula is C13H22FN3O2. The Morgan fingerprint density at radius 1 is 1.42 bits per heavy atom. The van der Waals surface area contributed by atoms with Crippen LogP contribution in [0, 0.1) is 5.41 Å². The molecule has 108 valence electrons. The van der Waals surface area contributed by atoms with E-state index in [0.717, 1.165) is 32.4 Å². The van der Waals surface area contributed by atoms with E-state index in [-0.39, 0.29) is 29.8 Å². The number of urea groups is 1. The van der Waals surface area contributed by atoms with Crippen LogP contribution in [0.4, 0.5) is 9.18 Å². The van der Waals surface area contributed by atoms with Crippen molar-refractivity contribution in [2.75, 3.05) is 33.9 Å². The molecule has 0 bridgehead atoms. The van der Waals surface area contributed by atoms with Crippen LogP contribution in [-0.4, -0.2) is 61.6 Å². The second-order valence-corrected chi connectivity index (χ2v) is 5.95. The summed E-state index contributed by atoms with van der Waals surface area (Å²) in [6.07, 6.45) is 2.81. The summed E-state index contributed by atoms with van der Waals surface area (Å²) in [5.74, 6) is -0.0832. The van der Waals surface area contributed by atoms with Crippen molar-refractivity contribution in [3.8, 4) is 0 Å². The van der Waals surface area contributed by atoms with Crippen molar-refractivity contribution < 1.29 is 14.0 Å². The first-order valence-electron chi connectivity index (χ1n) is 6.77. The molecule has 1 saturated carbocycles. The van der Waals surface area contributed by atoms with E-state index in [1.54, 1.807) is 19.0 Å². The summed E-state index contributed by atoms with van der Waals surface area (Å²) < 4.78 is 12.2. The summed E-state index contributed by atoms with van der Waals surface area (Å²) in [7, 11) is 3.44. The van der Waals surface area contributed by atoms with Crippen molar-refractivity contribution in [3.63, 3.8) is 0 Å². The maximum absolute atomic E-state index is 12.2. The van der Waals surface area contributed by atoms with Gasteiger partial charge in [-0.05, 0) is 24.7 Å². The van der Waals surface area contributed by atoms with Gasteiger partial charge in [-0.15, -0.1) is 0 Å². The Labute approximate surface area is 113 Å². The molecule has 1 aliphatic heterocycles. The fourth-order valence-electron chi connectivity index (χ4n) is 3.11. The molecule has 2 fully saturated rings. The lowest BCUT2D eigenvalue weighted by molar-refractivity contribution is -0.131. The highest BCUT2D eigenvalue weighted by molar-refractivity contribution is 5.77. The third kappa shape index (κ3) is 2.98. The van der Waals surface area contributed by atoms with E-state index in [4.69, 9.17) is 0 Å². The highest BCUT2D eigenvalue weighted by Gasteiger charge is 2.49. The van der Waals surface area contributed by atoms with Gasteiger partial charge in [0.15, 0.2) is 0 Å². The topological polar surface area (TPSA) is 52.7 Å². The molecule has 0 aromatic carbocycles. The second-order valence-electron chi connectivity index (χ2n) is 5.95. The number of nitrogens with one attached hydrogen (secondary N) is 1. The van der Waals surface area contributed by atoms with Gasteiger partial charge >= 0.3 is 6.03 Å². The second kappa shape index (κ2) is 5.35. The van der Waals surface area contributed by atoms with Crippen LogP contribution in [-0.2, 0) is 4.79 Å². The van der Waals surface area contributed by atoms with Gasteiger partial charge in [0.2, 0.25) is 5.91 Å². The first-order valence-corrected chi connectivity index (χ1v) is 6.77. The molecule has 0 atom stereocenters. The van der Waals surface area contributed by atoms with Gasteiger partial charge in [-0.25, -0.2) is 4.79 Å². The van der Waals surface area contributed by atoms with Crippen molar-refractivity contribution in [1.82, 2.24) is 15.1 Å². The SMILES string of the molecule is CN(C)C(=O)NC1CC2(CCN(C(=O)CCF)C2)C1. The maximum atomic E-state index is 12.2. The first-order chi connectivity index (χ1) is 8.96. The zero-order chi connectivity index (χ0) is 14.0. The van der Waals surface area contributed by atoms with Crippen LogP contribution in [0.1, 0.15) is 25.7 Å². The molecule has 1 aliphatic carbocycles. The van der Waals surface area contributed by atoms with E-state index in [9.17, 15) is 14.0 Å². The first kappa shape index (κ1) is 14.1. The molecule has 1 saturated heterocycles. The normalized spacial score (nSPS) is 29.2. The number of hydrogen-bond acceptors (Lipinski definition) is 2. The summed E-state index contributed by atoms with van der Waals surface area (Å²) in [5.41, 5.74) is 0.163. The van der Waals surface area contributed by atoms with Crippen molar-refractivity contribution in [1.29, 1.82) is 0 Å². The number of halogens is 1. The predicted molar refractivity (Wildman–Crippen MR) is 69.5 cm³/mol. The van der Waals surface area contributed by atoms with Crippen molar-refractivity contribution >= 4 is 11.9 Å². The van der Waals surface area contributed by atoms with E-state index in [1.807, 2.05) is 0 Å². The Balaban J connectivity index is 1.77. The van der Waals surface area contributed by atoms with Gasteiger partial charge in [0.1, 0.15) is 0 Å². The molecule has 19 heavy (non-hydrogen) atoms. The Morgan fingerprint density at radius 3 is 2.68 bits per heavy atom. The molecular weight excluding hydrogens is 249 g/mol. The molecule has 3 amide bonds. The molecule has 2 rings (SSSR count). The largest absolute Gasteiger partial charge is 0.342 e. The Morgan fingerprint density at radius 2 is 2.11 bits per heavy atom. The van der Waals surface area contributed by atoms with Crippen LogP contribution in [0.15, 0.2) is 0 Å². The number of hydrogen-bond donors (Lipinski definition) is 1. The van der Waals surface area contributed by atoms with Crippen LogP contribution in [0.2, 0.25) is 0 Å². The van der Waals surface area contributed by atoms with E-state index in [0.29, 0.717) is 0 Å². The molecule has 1 heterocycles. The standard InChI is InChI=1S/C13H22FN3O2/c1-16(2)12(19)15-10-7-13(8-10)4-6-17(9-13)11(18)3-5-14/h10H,3-9H2,1-2H3,(H,15,19). The molecule has 0 aromatic heterocycles. The van der Waals surface area contributed by atoms with Gasteiger partial charge in [-0.1, -0.05) is 0 Å². The minimum absolute atomic E-state index is 0.00310. The fourth-order valence-corrected chi connectivity index (χ4v) is 3.11. The Bertz CT molecular complexity index is 367. The molecule has 0 aromatic rings. The fraction of sp³-hybridized carbons (Fsp3) is 0.846. The molecule has 1 spiro atoms. The molecule has 6 heteroatoms. The number of carbonyl (C=O) groups excluding carboxylic acids is 2. The van der Waals surface area contributed by atoms with Gasteiger partial charge in [0, 0.05) is 33.2 Å². The minimum Gasteiger partial charge on any atom is -0.342 e.